The number of anilines is 1. The van der Waals surface area contributed by atoms with Crippen LogP contribution in [0.3, 0.4) is 0 Å². The first-order valence-electron chi connectivity index (χ1n) is 6.78. The van der Waals surface area contributed by atoms with Gasteiger partial charge in [-0.3, -0.25) is 4.79 Å². The molecule has 2 aromatic rings. The van der Waals surface area contributed by atoms with Gasteiger partial charge in [0.05, 0.1) is 5.69 Å². The van der Waals surface area contributed by atoms with Crippen molar-refractivity contribution in [3.63, 3.8) is 0 Å². The van der Waals surface area contributed by atoms with E-state index in [0.29, 0.717) is 11.0 Å². The first-order valence-corrected chi connectivity index (χ1v) is 7.66. The Morgan fingerprint density at radius 2 is 2.10 bits per heavy atom. The van der Waals surface area contributed by atoms with E-state index in [1.54, 1.807) is 0 Å². The van der Waals surface area contributed by atoms with Crippen LogP contribution < -0.4 is 11.1 Å². The summed E-state index contributed by atoms with van der Waals surface area (Å²) in [7, 11) is 0. The van der Waals surface area contributed by atoms with E-state index in [2.05, 4.69) is 10.3 Å². The number of carbonyl (C=O) groups is 1. The Kier molecular flexibility index (Phi) is 5.33. The molecule has 21 heavy (non-hydrogen) atoms. The number of rotatable bonds is 5. The standard InChI is InChI=1S/C15H17N3OS.ClH/c16-12(10-4-2-1-3-5-10)8-14(19)18-15-17-13(9-20-15)11-6-7-11;/h1-5,9,11-12H,6-8,16H2,(H,17,18,19);1H. The molecule has 1 unspecified atom stereocenters. The van der Waals surface area contributed by atoms with Gasteiger partial charge in [-0.2, -0.15) is 0 Å². The second-order valence-corrected chi connectivity index (χ2v) is 5.98. The zero-order valence-corrected chi connectivity index (χ0v) is 13.1. The van der Waals surface area contributed by atoms with Gasteiger partial charge in [0.15, 0.2) is 5.13 Å². The summed E-state index contributed by atoms with van der Waals surface area (Å²) in [6.07, 6.45) is 2.70. The summed E-state index contributed by atoms with van der Waals surface area (Å²) in [6, 6.07) is 9.38. The van der Waals surface area contributed by atoms with Gasteiger partial charge in [-0.15, -0.1) is 23.7 Å². The van der Waals surface area contributed by atoms with Crippen LogP contribution in [0.15, 0.2) is 35.7 Å². The van der Waals surface area contributed by atoms with Crippen molar-refractivity contribution in [2.75, 3.05) is 5.32 Å². The van der Waals surface area contributed by atoms with Crippen LogP contribution in [0.1, 0.15) is 42.5 Å². The molecule has 3 rings (SSSR count). The minimum Gasteiger partial charge on any atom is -0.324 e. The van der Waals surface area contributed by atoms with E-state index in [1.807, 2.05) is 35.7 Å². The number of halogens is 1. The van der Waals surface area contributed by atoms with Crippen molar-refractivity contribution in [2.24, 2.45) is 5.73 Å². The number of nitrogens with one attached hydrogen (secondary N) is 1. The number of aromatic nitrogens is 1. The first kappa shape index (κ1) is 15.9. The van der Waals surface area contributed by atoms with E-state index >= 15 is 0 Å². The highest BCUT2D eigenvalue weighted by Crippen LogP contribution is 2.40. The van der Waals surface area contributed by atoms with Crippen LogP contribution in [-0.4, -0.2) is 10.9 Å². The first-order chi connectivity index (χ1) is 9.72. The maximum atomic E-state index is 12.0. The average molecular weight is 324 g/mol. The number of amides is 1. The molecule has 6 heteroatoms. The average Bonchev–Trinajstić information content (AvgIpc) is 3.20. The highest BCUT2D eigenvalue weighted by atomic mass is 35.5. The van der Waals surface area contributed by atoms with E-state index in [4.69, 9.17) is 5.73 Å². The fraction of sp³-hybridized carbons (Fsp3) is 0.333. The van der Waals surface area contributed by atoms with Crippen molar-refractivity contribution < 1.29 is 4.79 Å². The number of hydrogen-bond donors (Lipinski definition) is 2. The molecule has 4 nitrogen and oxygen atoms in total. The third-order valence-corrected chi connectivity index (χ3v) is 4.17. The molecule has 1 atom stereocenters. The summed E-state index contributed by atoms with van der Waals surface area (Å²) in [5.41, 5.74) is 8.12. The third-order valence-electron chi connectivity index (χ3n) is 3.40. The molecule has 1 aliphatic carbocycles. The Morgan fingerprint density at radius 3 is 2.76 bits per heavy atom. The van der Waals surface area contributed by atoms with Gasteiger partial charge in [0.25, 0.3) is 0 Å². The largest absolute Gasteiger partial charge is 0.324 e. The van der Waals surface area contributed by atoms with E-state index in [1.165, 1.54) is 24.2 Å². The number of hydrogen-bond acceptors (Lipinski definition) is 4. The second kappa shape index (κ2) is 7.02. The van der Waals surface area contributed by atoms with Crippen molar-refractivity contribution in [3.05, 3.63) is 47.0 Å². The Labute approximate surface area is 134 Å². The lowest BCUT2D eigenvalue weighted by Gasteiger charge is -2.10. The van der Waals surface area contributed by atoms with E-state index < -0.39 is 0 Å². The summed E-state index contributed by atoms with van der Waals surface area (Å²) < 4.78 is 0. The molecule has 1 heterocycles. The van der Waals surface area contributed by atoms with E-state index in [-0.39, 0.29) is 30.8 Å². The molecule has 112 valence electrons. The van der Waals surface area contributed by atoms with E-state index in [9.17, 15) is 4.79 Å². The number of nitrogens with two attached hydrogens (primary N) is 1. The van der Waals surface area contributed by atoms with Gasteiger partial charge in [-0.05, 0) is 18.4 Å². The second-order valence-electron chi connectivity index (χ2n) is 5.12. The van der Waals surface area contributed by atoms with Crippen molar-refractivity contribution in [1.82, 2.24) is 4.98 Å². The molecule has 1 aromatic heterocycles. The number of thiazole rings is 1. The molecule has 0 aliphatic heterocycles. The summed E-state index contributed by atoms with van der Waals surface area (Å²) in [5.74, 6) is 0.529. The van der Waals surface area contributed by atoms with Crippen molar-refractivity contribution >= 4 is 34.8 Å². The van der Waals surface area contributed by atoms with Crippen LogP contribution >= 0.6 is 23.7 Å². The lowest BCUT2D eigenvalue weighted by atomic mass is 10.0. The third kappa shape index (κ3) is 4.27. The van der Waals surface area contributed by atoms with Crippen LogP contribution in [0, 0.1) is 0 Å². The fourth-order valence-electron chi connectivity index (χ4n) is 2.10. The monoisotopic (exact) mass is 323 g/mol. The van der Waals surface area contributed by atoms with Gasteiger partial charge in [0, 0.05) is 23.8 Å². The van der Waals surface area contributed by atoms with Crippen LogP contribution in [0.25, 0.3) is 0 Å². The summed E-state index contributed by atoms with van der Waals surface area (Å²) >= 11 is 1.49. The fourth-order valence-corrected chi connectivity index (χ4v) is 2.91. The smallest absolute Gasteiger partial charge is 0.228 e. The minimum atomic E-state index is -0.279. The van der Waals surface area contributed by atoms with Gasteiger partial charge in [-0.25, -0.2) is 4.98 Å². The Morgan fingerprint density at radius 1 is 1.38 bits per heavy atom. The van der Waals surface area contributed by atoms with Crippen LogP contribution in [0.5, 0.6) is 0 Å². The lowest BCUT2D eigenvalue weighted by molar-refractivity contribution is -0.116. The molecule has 0 saturated heterocycles. The predicted molar refractivity (Wildman–Crippen MR) is 88.0 cm³/mol. The summed E-state index contributed by atoms with van der Waals surface area (Å²) in [5, 5.41) is 5.54. The highest BCUT2D eigenvalue weighted by molar-refractivity contribution is 7.13. The topological polar surface area (TPSA) is 68.0 Å². The van der Waals surface area contributed by atoms with Crippen molar-refractivity contribution in [2.45, 2.75) is 31.2 Å². The molecule has 1 aliphatic rings. The van der Waals surface area contributed by atoms with Gasteiger partial charge in [0.1, 0.15) is 0 Å². The number of carbonyl (C=O) groups excluding carboxylic acids is 1. The van der Waals surface area contributed by atoms with Crippen molar-refractivity contribution in [1.29, 1.82) is 0 Å². The molecule has 1 saturated carbocycles. The van der Waals surface area contributed by atoms with E-state index in [0.717, 1.165) is 11.3 Å². The van der Waals surface area contributed by atoms with Crippen LogP contribution in [0.4, 0.5) is 5.13 Å². The molecule has 3 N–H and O–H groups in total. The van der Waals surface area contributed by atoms with Gasteiger partial charge < -0.3 is 11.1 Å². The van der Waals surface area contributed by atoms with Crippen molar-refractivity contribution in [3.8, 4) is 0 Å². The molecule has 1 amide bonds. The number of nitrogens with zero attached hydrogens (tertiary/aromatic N) is 1. The van der Waals surface area contributed by atoms with Gasteiger partial charge in [0.2, 0.25) is 5.91 Å². The quantitative estimate of drug-likeness (QED) is 0.885. The Balaban J connectivity index is 0.00000161. The van der Waals surface area contributed by atoms with Crippen LogP contribution in [0.2, 0.25) is 0 Å². The van der Waals surface area contributed by atoms with Crippen LogP contribution in [-0.2, 0) is 4.79 Å². The molecule has 0 radical (unpaired) electrons. The maximum Gasteiger partial charge on any atom is 0.228 e. The Hall–Kier alpha value is -1.43. The SMILES string of the molecule is Cl.NC(CC(=O)Nc1nc(C2CC2)cs1)c1ccccc1. The van der Waals surface area contributed by atoms with Gasteiger partial charge >= 0.3 is 0 Å². The Bertz CT molecular complexity index is 598. The molecule has 1 aromatic carbocycles. The summed E-state index contributed by atoms with van der Waals surface area (Å²) in [6.45, 7) is 0. The predicted octanol–water partition coefficient (Wildman–Crippen LogP) is 3.47. The van der Waals surface area contributed by atoms with Gasteiger partial charge in [-0.1, -0.05) is 30.3 Å². The lowest BCUT2D eigenvalue weighted by Crippen LogP contribution is -2.20. The normalized spacial score (nSPS) is 15.1. The zero-order valence-electron chi connectivity index (χ0n) is 11.5. The maximum absolute atomic E-state index is 12.0. The molecular formula is C15H18ClN3OS. The summed E-state index contributed by atoms with van der Waals surface area (Å²) in [4.78, 5) is 16.4. The zero-order chi connectivity index (χ0) is 13.9. The molecule has 1 fully saturated rings. The minimum absolute atomic E-state index is 0. The molecular weight excluding hydrogens is 306 g/mol. The molecule has 0 bridgehead atoms. The number of benzene rings is 1. The molecule has 0 spiro atoms. The highest BCUT2D eigenvalue weighted by Gasteiger charge is 2.26.